The summed E-state index contributed by atoms with van der Waals surface area (Å²) in [5.41, 5.74) is 0.578. The van der Waals surface area contributed by atoms with Crippen LogP contribution in [0.2, 0.25) is 0 Å². The van der Waals surface area contributed by atoms with Crippen LogP contribution in [0.4, 0.5) is 25.5 Å². The highest BCUT2D eigenvalue weighted by Crippen LogP contribution is 2.31. The van der Waals surface area contributed by atoms with Crippen LogP contribution in [0.5, 0.6) is 0 Å². The van der Waals surface area contributed by atoms with E-state index < -0.39 is 44.1 Å². The van der Waals surface area contributed by atoms with Gasteiger partial charge in [-0.1, -0.05) is 0 Å². The number of benzene rings is 1. The molecule has 1 fully saturated rings. The predicted octanol–water partition coefficient (Wildman–Crippen LogP) is 5.14. The van der Waals surface area contributed by atoms with Gasteiger partial charge in [-0.15, -0.1) is 15.6 Å². The molecule has 2 amide bonds. The van der Waals surface area contributed by atoms with Crippen molar-refractivity contribution in [3.05, 3.63) is 34.4 Å². The second-order valence-electron chi connectivity index (χ2n) is 10.8. The fourth-order valence-electron chi connectivity index (χ4n) is 3.62. The number of nitrogens with one attached hydrogen (secondary N) is 1. The largest absolute Gasteiger partial charge is 0.444 e. The fraction of sp³-hybridized carbons (Fsp3) is 0.542. The van der Waals surface area contributed by atoms with E-state index in [2.05, 4.69) is 10.3 Å². The minimum atomic E-state index is -4.70. The van der Waals surface area contributed by atoms with Gasteiger partial charge in [-0.25, -0.2) is 27.4 Å². The zero-order valence-corrected chi connectivity index (χ0v) is 23.6. The van der Waals surface area contributed by atoms with Crippen LogP contribution < -0.4 is 9.62 Å². The Morgan fingerprint density at radius 3 is 2.38 bits per heavy atom. The Labute approximate surface area is 220 Å². The number of carbonyl (C=O) groups excluding carboxylic acids is 2. The zero-order valence-electron chi connectivity index (χ0n) is 22.0. The van der Waals surface area contributed by atoms with Crippen molar-refractivity contribution >= 4 is 45.1 Å². The van der Waals surface area contributed by atoms with Crippen LogP contribution in [0, 0.1) is 12.7 Å². The predicted molar refractivity (Wildman–Crippen MR) is 139 cm³/mol. The summed E-state index contributed by atoms with van der Waals surface area (Å²) in [6, 6.07) is 2.06. The van der Waals surface area contributed by atoms with Crippen molar-refractivity contribution in [2.45, 2.75) is 77.0 Å². The average molecular weight is 557 g/mol. The molecule has 1 unspecified atom stereocenters. The van der Waals surface area contributed by atoms with E-state index in [-0.39, 0.29) is 11.9 Å². The number of aryl methyl sites for hydroxylation is 1. The summed E-state index contributed by atoms with van der Waals surface area (Å²) in [6.45, 7) is 12.6. The molecule has 1 aliphatic heterocycles. The minimum Gasteiger partial charge on any atom is -0.444 e. The van der Waals surface area contributed by atoms with E-state index in [9.17, 15) is 18.0 Å². The summed E-state index contributed by atoms with van der Waals surface area (Å²) in [6.07, 6.45) is -1.01. The Kier molecular flexibility index (Phi) is 8.08. The van der Waals surface area contributed by atoms with Gasteiger partial charge in [-0.05, 0) is 72.6 Å². The van der Waals surface area contributed by atoms with Crippen molar-refractivity contribution in [2.24, 2.45) is 0 Å². The van der Waals surface area contributed by atoms with Gasteiger partial charge < -0.3 is 19.7 Å². The van der Waals surface area contributed by atoms with Crippen LogP contribution >= 0.6 is 11.3 Å². The standard InChI is InChI=1S/C24H33FN4O6S2/c1-15-10-19(37(32,33)29(20-13-36-14-26-20)22(31)35-24(5,6)7)17(25)11-18(15)27-16-8-9-28(12-16)21(30)34-23(2,3)4/h10-11,13-14,16,27H,8-9,12H2,1-7H3. The Morgan fingerprint density at radius 1 is 1.16 bits per heavy atom. The number of nitrogens with zero attached hydrogens (tertiary/aromatic N) is 3. The van der Waals surface area contributed by atoms with E-state index in [1.165, 1.54) is 10.9 Å². The molecule has 1 aromatic heterocycles. The molecule has 2 aromatic rings. The number of likely N-dealkylation sites (tertiary alicyclic amines) is 1. The number of carbonyl (C=O) groups is 2. The smallest absolute Gasteiger partial charge is 0.430 e. The van der Waals surface area contributed by atoms with Gasteiger partial charge in [0.25, 0.3) is 10.0 Å². The third kappa shape index (κ3) is 7.10. The number of thiazole rings is 1. The van der Waals surface area contributed by atoms with Crippen LogP contribution in [0.15, 0.2) is 27.9 Å². The van der Waals surface area contributed by atoms with Crippen LogP contribution in [0.25, 0.3) is 0 Å². The van der Waals surface area contributed by atoms with Crippen molar-refractivity contribution < 1.29 is 31.9 Å². The maximum atomic E-state index is 15.3. The number of hydrogen-bond donors (Lipinski definition) is 1. The lowest BCUT2D eigenvalue weighted by Crippen LogP contribution is -2.41. The third-order valence-electron chi connectivity index (χ3n) is 5.18. The molecule has 1 atom stereocenters. The molecule has 0 saturated carbocycles. The molecule has 1 N–H and O–H groups in total. The van der Waals surface area contributed by atoms with Crippen molar-refractivity contribution in [1.82, 2.24) is 9.88 Å². The number of hydrogen-bond acceptors (Lipinski definition) is 9. The number of anilines is 2. The molecule has 0 aliphatic carbocycles. The second-order valence-corrected chi connectivity index (χ2v) is 13.2. The molecule has 1 aliphatic rings. The number of rotatable bonds is 5. The van der Waals surface area contributed by atoms with Gasteiger partial charge >= 0.3 is 12.2 Å². The molecule has 0 spiro atoms. The molecular weight excluding hydrogens is 523 g/mol. The van der Waals surface area contributed by atoms with Gasteiger partial charge in [0.1, 0.15) is 21.9 Å². The van der Waals surface area contributed by atoms with E-state index >= 15 is 4.39 Å². The first-order valence-corrected chi connectivity index (χ1v) is 14.1. The number of sulfonamides is 1. The molecule has 204 valence electrons. The zero-order chi connectivity index (χ0) is 27.8. The van der Waals surface area contributed by atoms with Crippen molar-refractivity contribution in [2.75, 3.05) is 22.7 Å². The first-order valence-electron chi connectivity index (χ1n) is 11.7. The second kappa shape index (κ2) is 10.4. The molecule has 0 radical (unpaired) electrons. The van der Waals surface area contributed by atoms with E-state index in [4.69, 9.17) is 9.47 Å². The highest BCUT2D eigenvalue weighted by molar-refractivity contribution is 7.93. The van der Waals surface area contributed by atoms with Crippen LogP contribution in [0.3, 0.4) is 0 Å². The first-order chi connectivity index (χ1) is 17.0. The van der Waals surface area contributed by atoms with Gasteiger partial charge in [-0.3, -0.25) is 0 Å². The fourth-order valence-corrected chi connectivity index (χ4v) is 5.61. The molecule has 13 heteroatoms. The van der Waals surface area contributed by atoms with E-state index in [1.54, 1.807) is 53.4 Å². The molecule has 3 rings (SSSR count). The lowest BCUT2D eigenvalue weighted by molar-refractivity contribution is 0.0293. The van der Waals surface area contributed by atoms with Crippen molar-refractivity contribution in [3.8, 4) is 0 Å². The summed E-state index contributed by atoms with van der Waals surface area (Å²) in [5, 5.41) is 4.55. The maximum Gasteiger partial charge on any atom is 0.430 e. The van der Waals surface area contributed by atoms with Crippen molar-refractivity contribution in [3.63, 3.8) is 0 Å². The Balaban J connectivity index is 1.84. The number of halogens is 1. The Hall–Kier alpha value is -2.93. The summed E-state index contributed by atoms with van der Waals surface area (Å²) in [5.74, 6) is -1.23. The molecule has 10 nitrogen and oxygen atoms in total. The van der Waals surface area contributed by atoms with Gasteiger partial charge in [-0.2, -0.15) is 0 Å². The van der Waals surface area contributed by atoms with Crippen LogP contribution in [-0.4, -0.2) is 60.8 Å². The van der Waals surface area contributed by atoms with E-state index in [0.29, 0.717) is 35.1 Å². The maximum absolute atomic E-state index is 15.3. The van der Waals surface area contributed by atoms with Gasteiger partial charge in [0.2, 0.25) is 0 Å². The number of ether oxygens (including phenoxy) is 2. The van der Waals surface area contributed by atoms with Gasteiger partial charge in [0.15, 0.2) is 5.82 Å². The summed E-state index contributed by atoms with van der Waals surface area (Å²) in [4.78, 5) is 30.0. The Bertz CT molecular complexity index is 1250. The number of aromatic nitrogens is 1. The molecule has 1 aromatic carbocycles. The third-order valence-corrected chi connectivity index (χ3v) is 7.44. The average Bonchev–Trinajstić information content (AvgIpc) is 3.40. The first kappa shape index (κ1) is 28.6. The summed E-state index contributed by atoms with van der Waals surface area (Å²) >= 11 is 1.08. The summed E-state index contributed by atoms with van der Waals surface area (Å²) in [7, 11) is -4.70. The highest BCUT2D eigenvalue weighted by Gasteiger charge is 2.38. The molecule has 2 heterocycles. The summed E-state index contributed by atoms with van der Waals surface area (Å²) < 4.78 is 53.3. The van der Waals surface area contributed by atoms with Crippen LogP contribution in [-0.2, 0) is 19.5 Å². The van der Waals surface area contributed by atoms with Crippen molar-refractivity contribution in [1.29, 1.82) is 0 Å². The van der Waals surface area contributed by atoms with Gasteiger partial charge in [0, 0.05) is 30.2 Å². The van der Waals surface area contributed by atoms with Crippen LogP contribution in [0.1, 0.15) is 53.5 Å². The molecule has 0 bridgehead atoms. The van der Waals surface area contributed by atoms with Gasteiger partial charge in [0.05, 0.1) is 5.51 Å². The monoisotopic (exact) mass is 556 g/mol. The lowest BCUT2D eigenvalue weighted by atomic mass is 10.1. The number of amides is 2. The Morgan fingerprint density at radius 2 is 1.81 bits per heavy atom. The SMILES string of the molecule is Cc1cc(S(=O)(=O)N(C(=O)OC(C)(C)C)c2cscn2)c(F)cc1NC1CCN(C(=O)OC(C)(C)C)C1. The molecular formula is C24H33FN4O6S2. The van der Waals surface area contributed by atoms with E-state index in [1.807, 2.05) is 0 Å². The highest BCUT2D eigenvalue weighted by atomic mass is 32.2. The topological polar surface area (TPSA) is 118 Å². The quantitative estimate of drug-likeness (QED) is 0.538. The minimum absolute atomic E-state index is 0.179. The lowest BCUT2D eigenvalue weighted by Gasteiger charge is -2.26. The van der Waals surface area contributed by atoms with E-state index in [0.717, 1.165) is 23.5 Å². The molecule has 1 saturated heterocycles. The normalized spacial score (nSPS) is 16.4. The molecule has 37 heavy (non-hydrogen) atoms.